The van der Waals surface area contributed by atoms with Gasteiger partial charge < -0.3 is 20.5 Å². The van der Waals surface area contributed by atoms with Crippen molar-refractivity contribution in [3.8, 4) is 11.5 Å². The van der Waals surface area contributed by atoms with Gasteiger partial charge in [-0.1, -0.05) is 12.1 Å². The summed E-state index contributed by atoms with van der Waals surface area (Å²) in [6.45, 7) is 5.65. The summed E-state index contributed by atoms with van der Waals surface area (Å²) in [6, 6.07) is 9.79. The normalized spacial score (nSPS) is 12.7. The lowest BCUT2D eigenvalue weighted by molar-refractivity contribution is 0.373. The highest BCUT2D eigenvalue weighted by molar-refractivity contribution is 7.10. The van der Waals surface area contributed by atoms with Gasteiger partial charge in [0.1, 0.15) is 0 Å². The van der Waals surface area contributed by atoms with Gasteiger partial charge in [-0.15, -0.1) is 11.3 Å². The van der Waals surface area contributed by atoms with Crippen molar-refractivity contribution < 1.29 is 9.84 Å². The van der Waals surface area contributed by atoms with Crippen LogP contribution >= 0.6 is 11.3 Å². The monoisotopic (exact) mass is 347 g/mol. The number of hydrogen-bond donors (Lipinski definition) is 3. The number of hydrogen-bond acceptors (Lipinski definition) is 4. The highest BCUT2D eigenvalue weighted by atomic mass is 32.1. The first-order chi connectivity index (χ1) is 11.6. The third-order valence-electron chi connectivity index (χ3n) is 3.58. The van der Waals surface area contributed by atoms with Crippen LogP contribution in [0, 0.1) is 0 Å². The van der Waals surface area contributed by atoms with Crippen LogP contribution in [0.4, 0.5) is 0 Å². The van der Waals surface area contributed by atoms with Crippen molar-refractivity contribution in [3.63, 3.8) is 0 Å². The molecular formula is C18H25N3O2S. The Bertz CT molecular complexity index is 656. The number of methoxy groups -OCH3 is 1. The summed E-state index contributed by atoms with van der Waals surface area (Å²) in [4.78, 5) is 5.91. The molecule has 0 amide bonds. The number of ether oxygens (including phenoxy) is 1. The maximum atomic E-state index is 9.64. The first kappa shape index (κ1) is 18.1. The highest BCUT2D eigenvalue weighted by Gasteiger charge is 2.08. The number of rotatable bonds is 7. The van der Waals surface area contributed by atoms with Crippen molar-refractivity contribution in [2.45, 2.75) is 26.3 Å². The van der Waals surface area contributed by atoms with E-state index < -0.39 is 0 Å². The van der Waals surface area contributed by atoms with Crippen molar-refractivity contribution in [3.05, 3.63) is 46.2 Å². The lowest BCUT2D eigenvalue weighted by Gasteiger charge is -2.16. The van der Waals surface area contributed by atoms with Crippen LogP contribution in [0.3, 0.4) is 0 Å². The Balaban J connectivity index is 1.95. The minimum absolute atomic E-state index is 0.157. The number of guanidine groups is 1. The molecule has 2 rings (SSSR count). The molecule has 130 valence electrons. The van der Waals surface area contributed by atoms with E-state index in [1.165, 1.54) is 4.88 Å². The third-order valence-corrected chi connectivity index (χ3v) is 4.64. The Kier molecular flexibility index (Phi) is 6.93. The van der Waals surface area contributed by atoms with E-state index in [1.54, 1.807) is 24.5 Å². The lowest BCUT2D eigenvalue weighted by atomic mass is 10.1. The zero-order chi connectivity index (χ0) is 17.4. The van der Waals surface area contributed by atoms with Gasteiger partial charge in [0, 0.05) is 18.0 Å². The molecule has 0 spiro atoms. The van der Waals surface area contributed by atoms with Gasteiger partial charge in [0.25, 0.3) is 0 Å². The third kappa shape index (κ3) is 5.16. The number of nitrogens with zero attached hydrogens (tertiary/aromatic N) is 1. The molecule has 0 aliphatic rings. The van der Waals surface area contributed by atoms with E-state index in [9.17, 15) is 5.11 Å². The van der Waals surface area contributed by atoms with E-state index >= 15 is 0 Å². The Morgan fingerprint density at radius 1 is 1.38 bits per heavy atom. The Morgan fingerprint density at radius 2 is 2.21 bits per heavy atom. The molecule has 24 heavy (non-hydrogen) atoms. The number of phenolic OH excluding ortho intramolecular Hbond substituents is 1. The zero-order valence-electron chi connectivity index (χ0n) is 14.4. The maximum absolute atomic E-state index is 9.64. The topological polar surface area (TPSA) is 65.9 Å². The predicted octanol–water partition coefficient (Wildman–Crippen LogP) is 3.32. The second-order valence-corrected chi connectivity index (χ2v) is 6.38. The van der Waals surface area contributed by atoms with Gasteiger partial charge in [-0.05, 0) is 49.4 Å². The zero-order valence-corrected chi connectivity index (χ0v) is 15.2. The van der Waals surface area contributed by atoms with Crippen molar-refractivity contribution in [1.82, 2.24) is 10.6 Å². The Labute approximate surface area is 147 Å². The quantitative estimate of drug-likeness (QED) is 0.531. The summed E-state index contributed by atoms with van der Waals surface area (Å²) in [5, 5.41) is 18.4. The Morgan fingerprint density at radius 3 is 2.88 bits per heavy atom. The van der Waals surface area contributed by atoms with E-state index in [0.29, 0.717) is 12.3 Å². The van der Waals surface area contributed by atoms with E-state index in [1.807, 2.05) is 12.1 Å². The number of nitrogens with one attached hydrogen (secondary N) is 2. The molecule has 5 nitrogen and oxygen atoms in total. The largest absolute Gasteiger partial charge is 0.504 e. The van der Waals surface area contributed by atoms with Crippen LogP contribution in [0.25, 0.3) is 0 Å². The second kappa shape index (κ2) is 9.17. The molecule has 1 aromatic carbocycles. The number of thiophene rings is 1. The smallest absolute Gasteiger partial charge is 0.191 e. The fourth-order valence-electron chi connectivity index (χ4n) is 2.31. The molecule has 6 heteroatoms. The summed E-state index contributed by atoms with van der Waals surface area (Å²) >= 11 is 1.73. The molecular weight excluding hydrogens is 322 g/mol. The van der Waals surface area contributed by atoms with Gasteiger partial charge in [-0.2, -0.15) is 0 Å². The first-order valence-corrected chi connectivity index (χ1v) is 8.96. The van der Waals surface area contributed by atoms with Crippen LogP contribution in [0.15, 0.2) is 40.7 Å². The minimum Gasteiger partial charge on any atom is -0.504 e. The second-order valence-electron chi connectivity index (χ2n) is 5.40. The van der Waals surface area contributed by atoms with Crippen LogP contribution in [-0.2, 0) is 6.42 Å². The molecule has 0 aliphatic carbocycles. The minimum atomic E-state index is 0.157. The van der Waals surface area contributed by atoms with Gasteiger partial charge in [0.2, 0.25) is 0 Å². The average molecular weight is 347 g/mol. The number of aliphatic imine (C=N–C) groups is 1. The number of aromatic hydroxyl groups is 1. The van der Waals surface area contributed by atoms with Crippen molar-refractivity contribution in [1.29, 1.82) is 0 Å². The molecule has 1 aromatic heterocycles. The summed E-state index contributed by atoms with van der Waals surface area (Å²) < 4.78 is 5.14. The molecule has 0 saturated carbocycles. The summed E-state index contributed by atoms with van der Waals surface area (Å²) in [7, 11) is 1.55. The highest BCUT2D eigenvalue weighted by Crippen LogP contribution is 2.26. The lowest BCUT2D eigenvalue weighted by Crippen LogP contribution is -2.38. The van der Waals surface area contributed by atoms with Crippen LogP contribution < -0.4 is 15.4 Å². The predicted molar refractivity (Wildman–Crippen MR) is 100 cm³/mol. The molecule has 0 bridgehead atoms. The molecule has 2 aromatic rings. The Hall–Kier alpha value is -2.21. The molecule has 1 heterocycles. The fourth-order valence-corrected chi connectivity index (χ4v) is 3.04. The molecule has 1 atom stereocenters. The number of benzene rings is 1. The van der Waals surface area contributed by atoms with Crippen molar-refractivity contribution >= 4 is 17.3 Å². The summed E-state index contributed by atoms with van der Waals surface area (Å²) in [5.74, 6) is 1.46. The van der Waals surface area contributed by atoms with Gasteiger partial charge in [-0.25, -0.2) is 0 Å². The van der Waals surface area contributed by atoms with Crippen LogP contribution in [-0.4, -0.2) is 31.3 Å². The van der Waals surface area contributed by atoms with Crippen molar-refractivity contribution in [2.75, 3.05) is 20.2 Å². The molecule has 0 radical (unpaired) electrons. The van der Waals surface area contributed by atoms with Crippen LogP contribution in [0.2, 0.25) is 0 Å². The van der Waals surface area contributed by atoms with E-state index in [2.05, 4.69) is 47.0 Å². The standard InChI is InChI=1S/C18H25N3O2S/c1-4-19-18(21-13(2)17-6-5-11-24-17)20-10-9-14-7-8-15(22)16(12-14)23-3/h5-8,11-13,22H,4,9-10H2,1-3H3,(H2,19,20,21). The maximum Gasteiger partial charge on any atom is 0.191 e. The average Bonchev–Trinajstić information content (AvgIpc) is 3.11. The van der Waals surface area contributed by atoms with Gasteiger partial charge in [0.15, 0.2) is 17.5 Å². The molecule has 0 fully saturated rings. The van der Waals surface area contributed by atoms with Gasteiger partial charge in [0.05, 0.1) is 13.2 Å². The van der Waals surface area contributed by atoms with E-state index in [-0.39, 0.29) is 11.8 Å². The fraction of sp³-hybridized carbons (Fsp3) is 0.389. The van der Waals surface area contributed by atoms with Gasteiger partial charge >= 0.3 is 0 Å². The van der Waals surface area contributed by atoms with Crippen LogP contribution in [0.5, 0.6) is 11.5 Å². The molecule has 3 N–H and O–H groups in total. The summed E-state index contributed by atoms with van der Waals surface area (Å²) in [6.07, 6.45) is 0.778. The van der Waals surface area contributed by atoms with Crippen molar-refractivity contribution in [2.24, 2.45) is 4.99 Å². The van der Waals surface area contributed by atoms with Gasteiger partial charge in [-0.3, -0.25) is 4.99 Å². The van der Waals surface area contributed by atoms with E-state index in [0.717, 1.165) is 24.5 Å². The number of phenols is 1. The summed E-state index contributed by atoms with van der Waals surface area (Å²) in [5.41, 5.74) is 1.08. The SMILES string of the molecule is CCNC(=NCCc1ccc(O)c(OC)c1)NC(C)c1cccs1. The molecule has 1 unspecified atom stereocenters. The molecule has 0 aliphatic heterocycles. The van der Waals surface area contributed by atoms with E-state index in [4.69, 9.17) is 4.74 Å². The van der Waals surface area contributed by atoms with Crippen LogP contribution in [0.1, 0.15) is 30.3 Å². The first-order valence-electron chi connectivity index (χ1n) is 8.08. The molecule has 0 saturated heterocycles.